The predicted octanol–water partition coefficient (Wildman–Crippen LogP) is 5.40. The summed E-state index contributed by atoms with van der Waals surface area (Å²) in [7, 11) is 0. The van der Waals surface area contributed by atoms with E-state index in [1.54, 1.807) is 0 Å². The summed E-state index contributed by atoms with van der Waals surface area (Å²) < 4.78 is 0. The first-order chi connectivity index (χ1) is 11.0. The van der Waals surface area contributed by atoms with Gasteiger partial charge >= 0.3 is 0 Å². The highest BCUT2D eigenvalue weighted by atomic mass is 32.1. The monoisotopic (exact) mass is 335 g/mol. The molecule has 0 bridgehead atoms. The van der Waals surface area contributed by atoms with Crippen LogP contribution < -0.4 is 0 Å². The van der Waals surface area contributed by atoms with Crippen molar-refractivity contribution in [3.63, 3.8) is 0 Å². The topological polar surface area (TPSA) is 3.01 Å². The van der Waals surface area contributed by atoms with Gasteiger partial charge in [0.2, 0.25) is 0 Å². The quantitative estimate of drug-likeness (QED) is 0.520. The largest absolute Gasteiger partial charge is 0.288 e. The predicted molar refractivity (Wildman–Crippen MR) is 102 cm³/mol. The SMILES string of the molecule is CCC(C)CC1CCC1CC1CC(S)CCC2C3C(C)C1(C)N23. The average Bonchev–Trinajstić information content (AvgIpc) is 3.21. The second kappa shape index (κ2) is 5.94. The Morgan fingerprint density at radius 3 is 2.57 bits per heavy atom. The molecule has 0 amide bonds. The van der Waals surface area contributed by atoms with Gasteiger partial charge in [-0.25, -0.2) is 0 Å². The molecule has 3 aliphatic heterocycles. The van der Waals surface area contributed by atoms with Crippen LogP contribution in [0.25, 0.3) is 0 Å². The molecule has 10 atom stereocenters. The van der Waals surface area contributed by atoms with Gasteiger partial charge in [0.15, 0.2) is 0 Å². The van der Waals surface area contributed by atoms with Crippen molar-refractivity contribution in [3.8, 4) is 0 Å². The lowest BCUT2D eigenvalue weighted by Crippen LogP contribution is -2.60. The summed E-state index contributed by atoms with van der Waals surface area (Å²) in [6.07, 6.45) is 11.5. The van der Waals surface area contributed by atoms with Gasteiger partial charge in [-0.1, -0.05) is 27.2 Å². The zero-order chi connectivity index (χ0) is 16.4. The van der Waals surface area contributed by atoms with Crippen molar-refractivity contribution in [1.82, 2.24) is 4.90 Å². The third-order valence-corrected chi connectivity index (χ3v) is 9.19. The van der Waals surface area contributed by atoms with Crippen LogP contribution in [0, 0.1) is 29.6 Å². The molecular formula is C21H37NS. The first kappa shape index (κ1) is 16.8. The molecule has 0 aromatic carbocycles. The molecule has 23 heavy (non-hydrogen) atoms. The van der Waals surface area contributed by atoms with Crippen LogP contribution in [-0.4, -0.2) is 27.8 Å². The maximum Gasteiger partial charge on any atom is 0.0304 e. The second-order valence-corrected chi connectivity index (χ2v) is 10.5. The Morgan fingerprint density at radius 2 is 1.91 bits per heavy atom. The molecule has 4 aliphatic rings. The van der Waals surface area contributed by atoms with Gasteiger partial charge in [0.1, 0.15) is 0 Å². The molecule has 132 valence electrons. The Bertz CT molecular complexity index is 451. The highest BCUT2D eigenvalue weighted by Crippen LogP contribution is 2.65. The molecule has 0 radical (unpaired) electrons. The van der Waals surface area contributed by atoms with E-state index in [-0.39, 0.29) is 0 Å². The summed E-state index contributed by atoms with van der Waals surface area (Å²) in [5.74, 6) is 4.80. The van der Waals surface area contributed by atoms with Gasteiger partial charge in [-0.05, 0) is 81.5 Å². The van der Waals surface area contributed by atoms with E-state index in [1.807, 2.05) is 0 Å². The van der Waals surface area contributed by atoms with Crippen LogP contribution in [0.3, 0.4) is 0 Å². The van der Waals surface area contributed by atoms with Crippen molar-refractivity contribution in [2.45, 2.75) is 102 Å². The zero-order valence-electron chi connectivity index (χ0n) is 15.7. The number of rotatable bonds is 5. The van der Waals surface area contributed by atoms with Crippen LogP contribution in [0.1, 0.15) is 79.1 Å². The standard InChI is InChI=1S/C21H37NS/c1-5-13(2)10-15-6-7-16(15)11-17-12-18(23)8-9-19-20-14(3)21(17,4)22(19)20/h13-20,23H,5-12H2,1-4H3. The van der Waals surface area contributed by atoms with E-state index in [0.717, 1.165) is 41.7 Å². The number of fused-ring (bicyclic) bond motifs is 1. The first-order valence-electron chi connectivity index (χ1n) is 10.4. The molecule has 0 aromatic heterocycles. The van der Waals surface area contributed by atoms with Crippen LogP contribution >= 0.6 is 12.6 Å². The van der Waals surface area contributed by atoms with Gasteiger partial charge in [0, 0.05) is 22.9 Å². The van der Waals surface area contributed by atoms with Crippen LogP contribution in [0.2, 0.25) is 0 Å². The average molecular weight is 336 g/mol. The molecule has 3 saturated heterocycles. The normalized spacial score (nSPS) is 55.7. The van der Waals surface area contributed by atoms with E-state index >= 15 is 0 Å². The van der Waals surface area contributed by atoms with Crippen LogP contribution in [0.15, 0.2) is 0 Å². The minimum atomic E-state index is 0.507. The molecule has 0 spiro atoms. The lowest BCUT2D eigenvalue weighted by molar-refractivity contribution is -0.0388. The summed E-state index contributed by atoms with van der Waals surface area (Å²) in [5, 5.41) is 0.654. The summed E-state index contributed by atoms with van der Waals surface area (Å²) in [6.45, 7) is 9.96. The van der Waals surface area contributed by atoms with Crippen molar-refractivity contribution in [3.05, 3.63) is 0 Å². The maximum absolute atomic E-state index is 4.97. The lowest BCUT2D eigenvalue weighted by Gasteiger charge is -2.54. The summed E-state index contributed by atoms with van der Waals surface area (Å²) >= 11 is 4.97. The Kier molecular flexibility index (Phi) is 4.33. The van der Waals surface area contributed by atoms with Gasteiger partial charge < -0.3 is 0 Å². The van der Waals surface area contributed by atoms with E-state index in [4.69, 9.17) is 12.6 Å². The molecule has 1 nitrogen and oxygen atoms in total. The van der Waals surface area contributed by atoms with Crippen molar-refractivity contribution in [2.75, 3.05) is 0 Å². The second-order valence-electron chi connectivity index (χ2n) is 9.73. The van der Waals surface area contributed by atoms with E-state index in [2.05, 4.69) is 32.6 Å². The van der Waals surface area contributed by atoms with E-state index in [9.17, 15) is 0 Å². The third kappa shape index (κ3) is 2.53. The fraction of sp³-hybridized carbons (Fsp3) is 1.00. The Morgan fingerprint density at radius 1 is 1.17 bits per heavy atom. The zero-order valence-corrected chi connectivity index (χ0v) is 16.6. The minimum absolute atomic E-state index is 0.507. The molecule has 1 aliphatic carbocycles. The van der Waals surface area contributed by atoms with Gasteiger partial charge in [-0.3, -0.25) is 4.90 Å². The van der Waals surface area contributed by atoms with Crippen molar-refractivity contribution in [2.24, 2.45) is 29.6 Å². The fourth-order valence-corrected chi connectivity index (χ4v) is 7.04. The fourth-order valence-electron chi connectivity index (χ4n) is 6.63. The van der Waals surface area contributed by atoms with Crippen molar-refractivity contribution >= 4 is 12.6 Å². The van der Waals surface area contributed by atoms with Crippen LogP contribution in [-0.2, 0) is 0 Å². The highest BCUT2D eigenvalue weighted by molar-refractivity contribution is 7.80. The van der Waals surface area contributed by atoms with E-state index < -0.39 is 0 Å². The van der Waals surface area contributed by atoms with Crippen molar-refractivity contribution < 1.29 is 0 Å². The number of hydrogen-bond donors (Lipinski definition) is 1. The summed E-state index contributed by atoms with van der Waals surface area (Å²) in [4.78, 5) is 2.91. The van der Waals surface area contributed by atoms with Crippen molar-refractivity contribution in [1.29, 1.82) is 0 Å². The molecule has 0 N–H and O–H groups in total. The Balaban J connectivity index is 1.44. The van der Waals surface area contributed by atoms with Crippen LogP contribution in [0.4, 0.5) is 0 Å². The Labute approximate surface area is 149 Å². The molecule has 3 heterocycles. The van der Waals surface area contributed by atoms with E-state index in [0.29, 0.717) is 10.8 Å². The summed E-state index contributed by atoms with van der Waals surface area (Å²) in [6, 6.07) is 1.86. The number of thiol groups is 1. The van der Waals surface area contributed by atoms with Gasteiger partial charge in [-0.15, -0.1) is 0 Å². The molecule has 4 rings (SSSR count). The third-order valence-electron chi connectivity index (χ3n) is 8.72. The molecule has 10 unspecified atom stereocenters. The molecule has 4 fully saturated rings. The lowest BCUT2D eigenvalue weighted by atomic mass is 9.60. The molecular weight excluding hydrogens is 298 g/mol. The smallest absolute Gasteiger partial charge is 0.0304 e. The highest BCUT2D eigenvalue weighted by Gasteiger charge is 2.73. The minimum Gasteiger partial charge on any atom is -0.288 e. The maximum atomic E-state index is 4.97. The summed E-state index contributed by atoms with van der Waals surface area (Å²) in [5.41, 5.74) is 0.507. The molecule has 0 aromatic rings. The number of hydrogen-bond acceptors (Lipinski definition) is 2. The van der Waals surface area contributed by atoms with Gasteiger partial charge in [0.05, 0.1) is 0 Å². The van der Waals surface area contributed by atoms with E-state index in [1.165, 1.54) is 51.4 Å². The Hall–Kier alpha value is 0.310. The van der Waals surface area contributed by atoms with Gasteiger partial charge in [0.25, 0.3) is 0 Å². The first-order valence-corrected chi connectivity index (χ1v) is 10.9. The number of nitrogens with zero attached hydrogens (tertiary/aromatic N) is 1. The van der Waals surface area contributed by atoms with Gasteiger partial charge in [-0.2, -0.15) is 12.6 Å². The molecule has 2 heteroatoms. The van der Waals surface area contributed by atoms with Crippen LogP contribution in [0.5, 0.6) is 0 Å². The molecule has 1 saturated carbocycles.